The third-order valence-electron chi connectivity index (χ3n) is 3.37. The summed E-state index contributed by atoms with van der Waals surface area (Å²) in [6.45, 7) is 0. The molecule has 0 spiro atoms. The lowest BCUT2D eigenvalue weighted by Crippen LogP contribution is -1.94. The summed E-state index contributed by atoms with van der Waals surface area (Å²) < 4.78 is 6.41. The molecule has 0 bridgehead atoms. The summed E-state index contributed by atoms with van der Waals surface area (Å²) >= 11 is 3.34. The number of benzene rings is 1. The molecule has 4 aromatic rings. The normalized spacial score (nSPS) is 11.1. The van der Waals surface area contributed by atoms with Crippen LogP contribution in [0.15, 0.2) is 52.3 Å². The largest absolute Gasteiger partial charge is 0.350 e. The number of hydrogen-bond donors (Lipinski definition) is 2. The number of aryl methyl sites for hydroxylation is 1. The fourth-order valence-corrected chi connectivity index (χ4v) is 3.79. The number of anilines is 1. The second-order valence-electron chi connectivity index (χ2n) is 4.80. The minimum absolute atomic E-state index is 0.827. The molecule has 0 fully saturated rings. The summed E-state index contributed by atoms with van der Waals surface area (Å²) in [4.78, 5) is 7.74. The Morgan fingerprint density at radius 2 is 2.23 bits per heavy atom. The smallest absolute Gasteiger partial charge is 0.174 e. The Bertz CT molecular complexity index is 907. The van der Waals surface area contributed by atoms with Crippen molar-refractivity contribution in [3.8, 4) is 11.5 Å². The minimum Gasteiger partial charge on any atom is -0.350 e. The molecule has 3 heterocycles. The summed E-state index contributed by atoms with van der Waals surface area (Å²) in [5.74, 6) is 0.827. The van der Waals surface area contributed by atoms with Crippen molar-refractivity contribution in [1.82, 2.24) is 19.7 Å². The van der Waals surface area contributed by atoms with Crippen molar-refractivity contribution in [3.05, 3.63) is 48.1 Å². The van der Waals surface area contributed by atoms with Crippen LogP contribution in [0, 0.1) is 0 Å². The third kappa shape index (κ3) is 2.38. The lowest BCUT2D eigenvalue weighted by molar-refractivity contribution is 0.773. The lowest BCUT2D eigenvalue weighted by Gasteiger charge is -2.05. The van der Waals surface area contributed by atoms with Crippen molar-refractivity contribution < 1.29 is 0 Å². The Morgan fingerprint density at radius 3 is 3.00 bits per heavy atom. The molecule has 0 saturated heterocycles. The molecule has 2 N–H and O–H groups in total. The summed E-state index contributed by atoms with van der Waals surface area (Å²) in [7, 11) is 1.89. The van der Waals surface area contributed by atoms with Crippen LogP contribution in [0.3, 0.4) is 0 Å². The van der Waals surface area contributed by atoms with Crippen LogP contribution < -0.4 is 4.72 Å². The average molecular weight is 327 g/mol. The van der Waals surface area contributed by atoms with E-state index in [-0.39, 0.29) is 0 Å². The summed E-state index contributed by atoms with van der Waals surface area (Å²) in [5.41, 5.74) is 3.10. The Labute approximate surface area is 135 Å². The monoisotopic (exact) mass is 327 g/mol. The first-order valence-electron chi connectivity index (χ1n) is 6.74. The Kier molecular flexibility index (Phi) is 3.36. The second-order valence-corrected chi connectivity index (χ2v) is 6.85. The summed E-state index contributed by atoms with van der Waals surface area (Å²) in [5, 5.41) is 7.35. The molecule has 1 aromatic carbocycles. The number of rotatable bonds is 4. The first-order valence-corrected chi connectivity index (χ1v) is 8.43. The molecule has 0 aliphatic rings. The highest BCUT2D eigenvalue weighted by atomic mass is 32.2. The predicted octanol–water partition coefficient (Wildman–Crippen LogP) is 4.14. The van der Waals surface area contributed by atoms with Crippen molar-refractivity contribution in [1.29, 1.82) is 0 Å². The fraction of sp³-hybridized carbons (Fsp3) is 0.0667. The topological polar surface area (TPSA) is 58.5 Å². The maximum Gasteiger partial charge on any atom is 0.174 e. The molecule has 3 aromatic heterocycles. The van der Waals surface area contributed by atoms with E-state index < -0.39 is 0 Å². The Hall–Kier alpha value is -2.25. The van der Waals surface area contributed by atoms with Gasteiger partial charge in [-0.3, -0.25) is 0 Å². The first-order chi connectivity index (χ1) is 10.8. The molecule has 22 heavy (non-hydrogen) atoms. The van der Waals surface area contributed by atoms with E-state index >= 15 is 0 Å². The van der Waals surface area contributed by atoms with E-state index in [1.54, 1.807) is 34.3 Å². The van der Waals surface area contributed by atoms with Crippen molar-refractivity contribution in [2.24, 2.45) is 7.05 Å². The molecule has 0 aliphatic carbocycles. The molecular formula is C15H13N5S2. The van der Waals surface area contributed by atoms with Crippen LogP contribution in [-0.4, -0.2) is 19.7 Å². The fourth-order valence-electron chi connectivity index (χ4n) is 2.33. The third-order valence-corrected chi connectivity index (χ3v) is 5.22. The molecule has 0 radical (unpaired) electrons. The van der Waals surface area contributed by atoms with Gasteiger partial charge in [-0.2, -0.15) is 5.10 Å². The molecule has 0 aliphatic heterocycles. The van der Waals surface area contributed by atoms with E-state index in [1.807, 2.05) is 13.1 Å². The van der Waals surface area contributed by atoms with Gasteiger partial charge < -0.3 is 9.71 Å². The van der Waals surface area contributed by atoms with Crippen LogP contribution in [0.4, 0.5) is 5.69 Å². The van der Waals surface area contributed by atoms with Gasteiger partial charge in [-0.25, -0.2) is 9.67 Å². The summed E-state index contributed by atoms with van der Waals surface area (Å²) in [6, 6.07) is 12.5. The number of aromatic nitrogens is 4. The number of thiophene rings is 1. The van der Waals surface area contributed by atoms with E-state index in [2.05, 4.69) is 55.5 Å². The highest BCUT2D eigenvalue weighted by Gasteiger charge is 2.10. The predicted molar refractivity (Wildman–Crippen MR) is 92.1 cm³/mol. The molecule has 4 rings (SSSR count). The van der Waals surface area contributed by atoms with Crippen molar-refractivity contribution in [2.45, 2.75) is 4.21 Å². The van der Waals surface area contributed by atoms with Gasteiger partial charge in [0.2, 0.25) is 0 Å². The highest BCUT2D eigenvalue weighted by Crippen LogP contribution is 2.31. The van der Waals surface area contributed by atoms with E-state index in [0.29, 0.717) is 0 Å². The van der Waals surface area contributed by atoms with Gasteiger partial charge >= 0.3 is 0 Å². The molecule has 5 nitrogen and oxygen atoms in total. The zero-order valence-corrected chi connectivity index (χ0v) is 13.4. The number of nitrogens with one attached hydrogen (secondary N) is 2. The SMILES string of the molecule is Cn1ncnc1-c1cc2cccc(NSc3cccs3)c2[nH]1. The van der Waals surface area contributed by atoms with Gasteiger partial charge in [0.25, 0.3) is 0 Å². The van der Waals surface area contributed by atoms with Gasteiger partial charge in [-0.1, -0.05) is 18.2 Å². The molecule has 0 unspecified atom stereocenters. The van der Waals surface area contributed by atoms with Crippen LogP contribution in [0.1, 0.15) is 0 Å². The van der Waals surface area contributed by atoms with Gasteiger partial charge in [-0.15, -0.1) is 11.3 Å². The number of aromatic amines is 1. The van der Waals surface area contributed by atoms with E-state index in [9.17, 15) is 0 Å². The first kappa shape index (κ1) is 13.4. The minimum atomic E-state index is 0.827. The molecule has 0 saturated carbocycles. The molecule has 110 valence electrons. The number of nitrogens with zero attached hydrogens (tertiary/aromatic N) is 3. The molecule has 0 atom stereocenters. The second kappa shape index (κ2) is 5.51. The van der Waals surface area contributed by atoms with Crippen molar-refractivity contribution >= 4 is 39.9 Å². The van der Waals surface area contributed by atoms with Crippen molar-refractivity contribution in [2.75, 3.05) is 4.72 Å². The van der Waals surface area contributed by atoms with Crippen LogP contribution in [-0.2, 0) is 7.05 Å². The number of H-pyrrole nitrogens is 1. The van der Waals surface area contributed by atoms with Gasteiger partial charge in [0, 0.05) is 12.4 Å². The van der Waals surface area contributed by atoms with Gasteiger partial charge in [-0.05, 0) is 35.5 Å². The van der Waals surface area contributed by atoms with Crippen LogP contribution in [0.25, 0.3) is 22.4 Å². The van der Waals surface area contributed by atoms with E-state index in [4.69, 9.17) is 0 Å². The van der Waals surface area contributed by atoms with Crippen LogP contribution in [0.2, 0.25) is 0 Å². The Balaban J connectivity index is 1.70. The number of hydrogen-bond acceptors (Lipinski definition) is 5. The standard InChI is InChI=1S/C15H13N5S2/c1-20-15(16-9-17-20)12-8-10-4-2-5-11(14(10)18-12)19-22-13-6-3-7-21-13/h2-9,18-19H,1H3. The quantitative estimate of drug-likeness (QED) is 0.553. The van der Waals surface area contributed by atoms with Crippen LogP contribution in [0.5, 0.6) is 0 Å². The highest BCUT2D eigenvalue weighted by molar-refractivity contribution is 8.02. The zero-order valence-electron chi connectivity index (χ0n) is 11.8. The lowest BCUT2D eigenvalue weighted by atomic mass is 10.2. The van der Waals surface area contributed by atoms with Gasteiger partial charge in [0.1, 0.15) is 6.33 Å². The molecular weight excluding hydrogens is 314 g/mol. The van der Waals surface area contributed by atoms with Gasteiger partial charge in [0.05, 0.1) is 21.1 Å². The van der Waals surface area contributed by atoms with E-state index in [1.165, 1.54) is 4.21 Å². The maximum absolute atomic E-state index is 4.29. The van der Waals surface area contributed by atoms with Crippen LogP contribution >= 0.6 is 23.3 Å². The molecule has 0 amide bonds. The van der Waals surface area contributed by atoms with Gasteiger partial charge in [0.15, 0.2) is 5.82 Å². The Morgan fingerprint density at radius 1 is 1.27 bits per heavy atom. The van der Waals surface area contributed by atoms with E-state index in [0.717, 1.165) is 28.1 Å². The van der Waals surface area contributed by atoms with Crippen molar-refractivity contribution in [3.63, 3.8) is 0 Å². The number of para-hydroxylation sites is 1. The zero-order chi connectivity index (χ0) is 14.9. The number of fused-ring (bicyclic) bond motifs is 1. The maximum atomic E-state index is 4.29. The molecule has 7 heteroatoms. The summed E-state index contributed by atoms with van der Waals surface area (Å²) in [6.07, 6.45) is 1.56. The average Bonchev–Trinajstić information content (AvgIpc) is 3.24.